The lowest BCUT2D eigenvalue weighted by Crippen LogP contribution is -2.32. The first-order valence-electron chi connectivity index (χ1n) is 17.1. The van der Waals surface area contributed by atoms with Crippen molar-refractivity contribution < 1.29 is 0 Å². The number of thiophene rings is 1. The summed E-state index contributed by atoms with van der Waals surface area (Å²) in [5.74, 6) is 0.565. The van der Waals surface area contributed by atoms with Gasteiger partial charge in [-0.05, 0) is 119 Å². The molecule has 0 spiro atoms. The molecule has 1 aromatic heterocycles. The van der Waals surface area contributed by atoms with Crippen LogP contribution in [0.15, 0.2) is 102 Å². The minimum Gasteiger partial charge on any atom is -0.145 e. The molecular weight excluding hydrogens is 622 g/mol. The average Bonchev–Trinajstić information content (AvgIpc) is 3.49. The molecule has 1 heterocycles. The van der Waals surface area contributed by atoms with Gasteiger partial charge in [0.15, 0.2) is 0 Å². The Morgan fingerprint density at radius 2 is 1.04 bits per heavy atom. The summed E-state index contributed by atoms with van der Waals surface area (Å²) in [6.45, 7) is 21.7. The maximum atomic E-state index is 2.63. The van der Waals surface area contributed by atoms with Gasteiger partial charge in [-0.1, -0.05) is 140 Å². The molecule has 0 radical (unpaired) electrons. The molecule has 0 saturated heterocycles. The van der Waals surface area contributed by atoms with Gasteiger partial charge < -0.3 is 0 Å². The molecular formula is C44H48P2S. The molecule has 0 nitrogen and oxygen atoms in total. The Bertz CT molecular complexity index is 1870. The third kappa shape index (κ3) is 5.42. The first kappa shape index (κ1) is 32.7. The monoisotopic (exact) mass is 670 g/mol. The molecule has 2 aliphatic carbocycles. The Morgan fingerprint density at radius 1 is 0.574 bits per heavy atom. The molecule has 0 aliphatic heterocycles. The predicted octanol–water partition coefficient (Wildman–Crippen LogP) is 10.7. The molecule has 4 aromatic carbocycles. The molecule has 2 atom stereocenters. The zero-order valence-electron chi connectivity index (χ0n) is 29.5. The van der Waals surface area contributed by atoms with Crippen LogP contribution >= 0.6 is 27.2 Å². The lowest BCUT2D eigenvalue weighted by atomic mass is 9.66. The van der Waals surface area contributed by atoms with Gasteiger partial charge in [0.05, 0.1) is 0 Å². The van der Waals surface area contributed by atoms with Gasteiger partial charge in [-0.15, -0.1) is 11.3 Å². The highest BCUT2D eigenvalue weighted by Crippen LogP contribution is 2.76. The molecule has 7 rings (SSSR count). The van der Waals surface area contributed by atoms with Crippen LogP contribution in [-0.2, 0) is 0 Å². The Hall–Kier alpha value is -2.82. The summed E-state index contributed by atoms with van der Waals surface area (Å²) >= 11 is 2.04. The van der Waals surface area contributed by atoms with Crippen LogP contribution in [0.1, 0.15) is 71.2 Å². The van der Waals surface area contributed by atoms with Crippen LogP contribution < -0.4 is 26.5 Å². The summed E-state index contributed by atoms with van der Waals surface area (Å²) in [4.78, 5) is 2.98. The van der Waals surface area contributed by atoms with Crippen molar-refractivity contribution in [3.8, 4) is 0 Å². The van der Waals surface area contributed by atoms with E-state index in [9.17, 15) is 0 Å². The zero-order valence-corrected chi connectivity index (χ0v) is 32.1. The minimum absolute atomic E-state index is 0.107. The summed E-state index contributed by atoms with van der Waals surface area (Å²) < 4.78 is 0. The van der Waals surface area contributed by atoms with Crippen molar-refractivity contribution in [2.24, 2.45) is 16.7 Å². The third-order valence-electron chi connectivity index (χ3n) is 11.3. The Balaban J connectivity index is 1.59. The van der Waals surface area contributed by atoms with E-state index in [-0.39, 0.29) is 10.8 Å². The number of aryl methyl sites for hydroxylation is 6. The van der Waals surface area contributed by atoms with E-state index < -0.39 is 15.8 Å². The second kappa shape index (κ2) is 12.3. The molecule has 2 bridgehead atoms. The molecule has 3 heteroatoms. The number of benzene rings is 4. The Kier molecular flexibility index (Phi) is 8.53. The maximum absolute atomic E-state index is 2.63. The fourth-order valence-electron chi connectivity index (χ4n) is 8.94. The molecule has 5 aromatic rings. The van der Waals surface area contributed by atoms with Gasteiger partial charge in [-0.2, -0.15) is 0 Å². The van der Waals surface area contributed by atoms with Crippen molar-refractivity contribution in [2.45, 2.75) is 75.2 Å². The molecule has 0 N–H and O–H groups in total. The second-order valence-corrected chi connectivity index (χ2v) is 20.6. The Morgan fingerprint density at radius 3 is 1.51 bits per heavy atom. The highest BCUT2D eigenvalue weighted by Gasteiger charge is 2.62. The van der Waals surface area contributed by atoms with Gasteiger partial charge in [-0.25, -0.2) is 0 Å². The SMILES string of the molecule is Cc1cc(C)cc(P(c2cc(C)cc(C)c2)c2c(C)sc(C)c2C2=C(P(c3ccccc3)c3ccccc3)[C@@H]3CC[C@@]2(C)C3(C)C)c1. The normalized spacial score (nSPS) is 20.2. The quantitative estimate of drug-likeness (QED) is 0.151. The van der Waals surface area contributed by atoms with Gasteiger partial charge in [0, 0.05) is 20.6 Å². The van der Waals surface area contributed by atoms with Crippen LogP contribution in [0, 0.1) is 58.3 Å². The van der Waals surface area contributed by atoms with Gasteiger partial charge in [-0.3, -0.25) is 0 Å². The van der Waals surface area contributed by atoms with E-state index in [1.807, 2.05) is 11.3 Å². The smallest absolute Gasteiger partial charge is 0.0107 e. The number of allylic oxidation sites excluding steroid dienone is 2. The summed E-state index contributed by atoms with van der Waals surface area (Å²) in [6, 6.07) is 37.5. The average molecular weight is 671 g/mol. The first-order valence-corrected chi connectivity index (χ1v) is 20.6. The van der Waals surface area contributed by atoms with Crippen LogP contribution in [0.4, 0.5) is 0 Å². The molecule has 0 amide bonds. The fourth-order valence-corrected chi connectivity index (χ4v) is 16.5. The predicted molar refractivity (Wildman–Crippen MR) is 212 cm³/mol. The summed E-state index contributed by atoms with van der Waals surface area (Å²) in [7, 11) is -1.47. The van der Waals surface area contributed by atoms with Crippen molar-refractivity contribution in [1.82, 2.24) is 0 Å². The van der Waals surface area contributed by atoms with Gasteiger partial charge in [0.25, 0.3) is 0 Å². The van der Waals surface area contributed by atoms with Crippen LogP contribution in [0.25, 0.3) is 5.57 Å². The molecule has 240 valence electrons. The lowest BCUT2D eigenvalue weighted by molar-refractivity contribution is 0.189. The van der Waals surface area contributed by atoms with Crippen molar-refractivity contribution in [1.29, 1.82) is 0 Å². The number of rotatable bonds is 7. The summed E-state index contributed by atoms with van der Waals surface area (Å²) in [5.41, 5.74) is 8.99. The van der Waals surface area contributed by atoms with E-state index >= 15 is 0 Å². The van der Waals surface area contributed by atoms with E-state index in [0.717, 1.165) is 0 Å². The number of hydrogen-bond acceptors (Lipinski definition) is 1. The van der Waals surface area contributed by atoms with Crippen molar-refractivity contribution in [3.63, 3.8) is 0 Å². The van der Waals surface area contributed by atoms with Crippen LogP contribution in [-0.4, -0.2) is 0 Å². The largest absolute Gasteiger partial charge is 0.145 e. The third-order valence-corrected chi connectivity index (χ3v) is 17.6. The van der Waals surface area contributed by atoms with Gasteiger partial charge in [0.2, 0.25) is 0 Å². The van der Waals surface area contributed by atoms with Crippen molar-refractivity contribution >= 4 is 59.3 Å². The molecule has 47 heavy (non-hydrogen) atoms. The summed E-state index contributed by atoms with van der Waals surface area (Å²) in [6.07, 6.45) is 2.54. The van der Waals surface area contributed by atoms with E-state index in [4.69, 9.17) is 0 Å². The molecule has 0 unspecified atom stereocenters. The molecule has 1 fully saturated rings. The second-order valence-electron chi connectivity index (χ2n) is 14.9. The Labute approximate surface area is 289 Å². The lowest BCUT2D eigenvalue weighted by Gasteiger charge is -2.38. The van der Waals surface area contributed by atoms with Gasteiger partial charge >= 0.3 is 0 Å². The number of hydrogen-bond donors (Lipinski definition) is 0. The standard InChI is InChI=1S/C44H48P2S/c1-28-22-29(2)25-36(24-28)46(37-26-30(3)23-31(4)27-37)41-33(6)47-32(5)39(41)40-42(38-20-21-44(40,9)43(38,7)8)45(34-16-12-10-13-17-34)35-18-14-11-15-19-35/h10-19,22-27,38H,20-21H2,1-9H3/t38-,44+/m0/s1. The zero-order chi connectivity index (χ0) is 33.2. The number of fused-ring (bicyclic) bond motifs is 2. The topological polar surface area (TPSA) is 0 Å². The fraction of sp³-hybridized carbons (Fsp3) is 0.318. The molecule has 1 saturated carbocycles. The van der Waals surface area contributed by atoms with Crippen molar-refractivity contribution in [3.05, 3.63) is 140 Å². The van der Waals surface area contributed by atoms with Crippen molar-refractivity contribution in [2.75, 3.05) is 0 Å². The van der Waals surface area contributed by atoms with E-state index in [0.29, 0.717) is 5.92 Å². The van der Waals surface area contributed by atoms with E-state index in [2.05, 4.69) is 159 Å². The maximum Gasteiger partial charge on any atom is 0.0107 e. The highest BCUT2D eigenvalue weighted by molar-refractivity contribution is 7.80. The highest BCUT2D eigenvalue weighted by atomic mass is 32.1. The minimum atomic E-state index is -0.774. The molecule has 2 aliphatic rings. The van der Waals surface area contributed by atoms with E-state index in [1.165, 1.54) is 66.1 Å². The summed E-state index contributed by atoms with van der Waals surface area (Å²) in [5, 5.41) is 9.26. The van der Waals surface area contributed by atoms with Gasteiger partial charge in [0.1, 0.15) is 0 Å². The van der Waals surface area contributed by atoms with Crippen LogP contribution in [0.5, 0.6) is 0 Å². The van der Waals surface area contributed by atoms with E-state index in [1.54, 1.807) is 21.8 Å². The van der Waals surface area contributed by atoms with Crippen LogP contribution in [0.2, 0.25) is 0 Å². The van der Waals surface area contributed by atoms with Crippen LogP contribution in [0.3, 0.4) is 0 Å². The first-order chi connectivity index (χ1) is 22.4.